The smallest absolute Gasteiger partial charge is 0.213 e. The maximum absolute atomic E-state index is 6.54. The SMILES string of the molecule is CC1(C)c2cc(-c3nc(-c4ccccc4)c4ccccc4n3)ccc2-n2c3oc4ccccc4c3c3cccc1c32. The van der Waals surface area contributed by atoms with E-state index in [2.05, 4.69) is 109 Å². The van der Waals surface area contributed by atoms with Crippen molar-refractivity contribution in [2.75, 3.05) is 0 Å². The normalized spacial score (nSPS) is 13.8. The van der Waals surface area contributed by atoms with E-state index in [4.69, 9.17) is 14.4 Å². The van der Waals surface area contributed by atoms with E-state index in [0.717, 1.165) is 55.9 Å². The van der Waals surface area contributed by atoms with Crippen LogP contribution in [0.3, 0.4) is 0 Å². The van der Waals surface area contributed by atoms with Crippen LogP contribution in [-0.2, 0) is 5.41 Å². The zero-order valence-electron chi connectivity index (χ0n) is 22.7. The topological polar surface area (TPSA) is 43.9 Å². The third-order valence-electron chi connectivity index (χ3n) is 8.80. The first-order valence-electron chi connectivity index (χ1n) is 14.0. The van der Waals surface area contributed by atoms with Gasteiger partial charge in [0.15, 0.2) is 5.82 Å². The molecular formula is C37H25N3O. The van der Waals surface area contributed by atoms with Crippen molar-refractivity contribution in [1.82, 2.24) is 14.5 Å². The van der Waals surface area contributed by atoms with Crippen LogP contribution in [0.15, 0.2) is 120 Å². The molecule has 9 rings (SSSR count). The summed E-state index contributed by atoms with van der Waals surface area (Å²) in [4.78, 5) is 10.2. The molecule has 0 fully saturated rings. The van der Waals surface area contributed by atoms with Crippen LogP contribution in [0.25, 0.3) is 72.2 Å². The molecule has 8 aromatic rings. The van der Waals surface area contributed by atoms with Crippen molar-refractivity contribution in [2.24, 2.45) is 0 Å². The fourth-order valence-corrected chi connectivity index (χ4v) is 6.81. The van der Waals surface area contributed by atoms with Crippen LogP contribution < -0.4 is 0 Å². The Labute approximate surface area is 236 Å². The van der Waals surface area contributed by atoms with Crippen molar-refractivity contribution in [2.45, 2.75) is 19.3 Å². The molecule has 4 heteroatoms. The fraction of sp³-hybridized carbons (Fsp3) is 0.0811. The summed E-state index contributed by atoms with van der Waals surface area (Å²) in [6, 6.07) is 40.3. The van der Waals surface area contributed by atoms with Gasteiger partial charge in [-0.3, -0.25) is 4.57 Å². The van der Waals surface area contributed by atoms with E-state index in [1.165, 1.54) is 27.4 Å². The molecule has 4 nitrogen and oxygen atoms in total. The molecule has 1 aliphatic heterocycles. The highest BCUT2D eigenvalue weighted by Crippen LogP contribution is 2.50. The molecule has 0 saturated heterocycles. The first-order valence-corrected chi connectivity index (χ1v) is 14.0. The van der Waals surface area contributed by atoms with E-state index in [9.17, 15) is 0 Å². The minimum atomic E-state index is -0.231. The average Bonchev–Trinajstić information content (AvgIpc) is 3.55. The van der Waals surface area contributed by atoms with Crippen LogP contribution in [0.2, 0.25) is 0 Å². The average molecular weight is 528 g/mol. The van der Waals surface area contributed by atoms with Gasteiger partial charge in [0.05, 0.1) is 27.8 Å². The second-order valence-corrected chi connectivity index (χ2v) is 11.5. The molecule has 4 heterocycles. The summed E-state index contributed by atoms with van der Waals surface area (Å²) in [6.45, 7) is 4.63. The lowest BCUT2D eigenvalue weighted by molar-refractivity contribution is 0.612. The van der Waals surface area contributed by atoms with Crippen LogP contribution in [0.1, 0.15) is 25.0 Å². The number of fused-ring (bicyclic) bond motifs is 8. The van der Waals surface area contributed by atoms with Crippen LogP contribution in [0.4, 0.5) is 0 Å². The highest BCUT2D eigenvalue weighted by atomic mass is 16.3. The van der Waals surface area contributed by atoms with E-state index in [1.54, 1.807) is 0 Å². The Kier molecular flexibility index (Phi) is 4.36. The van der Waals surface area contributed by atoms with Crippen LogP contribution in [0, 0.1) is 0 Å². The van der Waals surface area contributed by atoms with Gasteiger partial charge in [0.1, 0.15) is 5.58 Å². The summed E-state index contributed by atoms with van der Waals surface area (Å²) in [7, 11) is 0. The maximum atomic E-state index is 6.54. The molecule has 194 valence electrons. The molecule has 0 bridgehead atoms. The number of para-hydroxylation sites is 3. The number of nitrogens with zero attached hydrogens (tertiary/aromatic N) is 3. The first-order chi connectivity index (χ1) is 20.1. The van der Waals surface area contributed by atoms with E-state index in [0.29, 0.717) is 0 Å². The number of furan rings is 1. The van der Waals surface area contributed by atoms with Gasteiger partial charge in [0, 0.05) is 32.7 Å². The fourth-order valence-electron chi connectivity index (χ4n) is 6.81. The standard InChI is InChI=1S/C37H25N3O/c1-37(2)27-16-10-15-26-32-25-14-7-9-18-31(25)41-36(32)40(34(26)27)30-20-19-23(21-28(30)37)35-38-29-17-8-6-13-24(29)33(39-35)22-11-4-3-5-12-22/h3-21H,1-2H3. The summed E-state index contributed by atoms with van der Waals surface area (Å²) in [5.41, 5.74) is 10.4. The van der Waals surface area contributed by atoms with Crippen molar-refractivity contribution >= 4 is 43.9 Å². The first kappa shape index (κ1) is 22.6. The van der Waals surface area contributed by atoms with Gasteiger partial charge >= 0.3 is 0 Å². The predicted molar refractivity (Wildman–Crippen MR) is 167 cm³/mol. The third-order valence-corrected chi connectivity index (χ3v) is 8.80. The van der Waals surface area contributed by atoms with Crippen molar-refractivity contribution in [3.63, 3.8) is 0 Å². The minimum absolute atomic E-state index is 0.231. The maximum Gasteiger partial charge on any atom is 0.213 e. The summed E-state index contributed by atoms with van der Waals surface area (Å²) in [5.74, 6) is 0.728. The van der Waals surface area contributed by atoms with Gasteiger partial charge < -0.3 is 4.42 Å². The van der Waals surface area contributed by atoms with E-state index in [-0.39, 0.29) is 5.41 Å². The molecule has 0 atom stereocenters. The molecule has 0 spiro atoms. The highest BCUT2D eigenvalue weighted by molar-refractivity contribution is 6.21. The summed E-state index contributed by atoms with van der Waals surface area (Å²) < 4.78 is 8.86. The summed E-state index contributed by atoms with van der Waals surface area (Å²) >= 11 is 0. The zero-order valence-corrected chi connectivity index (χ0v) is 22.7. The largest absolute Gasteiger partial charge is 0.439 e. The van der Waals surface area contributed by atoms with Gasteiger partial charge in [-0.1, -0.05) is 98.8 Å². The monoisotopic (exact) mass is 527 g/mol. The number of hydrogen-bond acceptors (Lipinski definition) is 3. The van der Waals surface area contributed by atoms with Gasteiger partial charge in [0.2, 0.25) is 5.71 Å². The van der Waals surface area contributed by atoms with Gasteiger partial charge in [0.25, 0.3) is 0 Å². The summed E-state index contributed by atoms with van der Waals surface area (Å²) in [5, 5.41) is 4.61. The molecule has 3 aromatic heterocycles. The van der Waals surface area contributed by atoms with Crippen molar-refractivity contribution < 1.29 is 4.42 Å². The zero-order chi connectivity index (χ0) is 27.3. The molecule has 0 unspecified atom stereocenters. The number of benzene rings is 5. The lowest BCUT2D eigenvalue weighted by Crippen LogP contribution is -2.26. The Morgan fingerprint density at radius 2 is 1.39 bits per heavy atom. The quantitative estimate of drug-likeness (QED) is 0.225. The van der Waals surface area contributed by atoms with Gasteiger partial charge in [-0.2, -0.15) is 0 Å². The second kappa shape index (κ2) is 7.92. The predicted octanol–water partition coefficient (Wildman–Crippen LogP) is 9.45. The number of rotatable bonds is 2. The summed E-state index contributed by atoms with van der Waals surface area (Å²) in [6.07, 6.45) is 0. The third kappa shape index (κ3) is 2.99. The van der Waals surface area contributed by atoms with Crippen molar-refractivity contribution in [3.05, 3.63) is 126 Å². The Hall–Kier alpha value is -5.22. The van der Waals surface area contributed by atoms with Gasteiger partial charge in [-0.05, 0) is 41.5 Å². The van der Waals surface area contributed by atoms with Crippen LogP contribution >= 0.6 is 0 Å². The molecule has 0 N–H and O–H groups in total. The minimum Gasteiger partial charge on any atom is -0.439 e. The molecule has 0 aliphatic carbocycles. The van der Waals surface area contributed by atoms with Crippen molar-refractivity contribution in [3.8, 4) is 28.3 Å². The van der Waals surface area contributed by atoms with Crippen LogP contribution in [-0.4, -0.2) is 14.5 Å². The molecular weight excluding hydrogens is 502 g/mol. The Morgan fingerprint density at radius 1 is 0.634 bits per heavy atom. The molecule has 0 radical (unpaired) electrons. The van der Waals surface area contributed by atoms with E-state index < -0.39 is 0 Å². The number of aromatic nitrogens is 3. The van der Waals surface area contributed by atoms with Gasteiger partial charge in [-0.15, -0.1) is 0 Å². The Bertz CT molecular complexity index is 2340. The molecule has 1 aliphatic rings. The highest BCUT2D eigenvalue weighted by Gasteiger charge is 2.36. The molecule has 0 saturated carbocycles. The molecule has 0 amide bonds. The molecule has 5 aromatic carbocycles. The Morgan fingerprint density at radius 3 is 2.27 bits per heavy atom. The van der Waals surface area contributed by atoms with E-state index >= 15 is 0 Å². The van der Waals surface area contributed by atoms with Crippen LogP contribution in [0.5, 0.6) is 0 Å². The second-order valence-electron chi connectivity index (χ2n) is 11.5. The lowest BCUT2D eigenvalue weighted by atomic mass is 9.74. The van der Waals surface area contributed by atoms with Crippen molar-refractivity contribution in [1.29, 1.82) is 0 Å². The number of hydrogen-bond donors (Lipinski definition) is 0. The lowest BCUT2D eigenvalue weighted by Gasteiger charge is -2.34. The van der Waals surface area contributed by atoms with E-state index in [1.807, 2.05) is 24.3 Å². The van der Waals surface area contributed by atoms with Gasteiger partial charge in [-0.25, -0.2) is 9.97 Å². The Balaban J connectivity index is 1.33. The molecule has 41 heavy (non-hydrogen) atoms.